The van der Waals surface area contributed by atoms with Crippen molar-refractivity contribution in [2.45, 2.75) is 329 Å². The van der Waals surface area contributed by atoms with Crippen LogP contribution in [-0.4, -0.2) is 37.2 Å². The zero-order chi connectivity index (χ0) is 50.7. The Labute approximate surface area is 435 Å². The summed E-state index contributed by atoms with van der Waals surface area (Å²) in [5.74, 6) is -0.877. The van der Waals surface area contributed by atoms with E-state index in [-0.39, 0.29) is 31.1 Å². The predicted molar refractivity (Wildman–Crippen MR) is 302 cm³/mol. The largest absolute Gasteiger partial charge is 0.462 e. The number of unbranched alkanes of at least 4 members (excludes halogenated alkanes) is 39. The molecule has 0 spiro atoms. The molecule has 0 radical (unpaired) electrons. The summed E-state index contributed by atoms with van der Waals surface area (Å²) in [6.07, 6.45) is 72.4. The molecule has 0 aromatic heterocycles. The highest BCUT2D eigenvalue weighted by Crippen LogP contribution is 2.17. The van der Waals surface area contributed by atoms with E-state index in [1.54, 1.807) is 0 Å². The van der Waals surface area contributed by atoms with Crippen molar-refractivity contribution in [3.63, 3.8) is 0 Å². The number of hydrogen-bond donors (Lipinski definition) is 0. The van der Waals surface area contributed by atoms with Gasteiger partial charge in [0, 0.05) is 19.3 Å². The maximum Gasteiger partial charge on any atom is 0.306 e. The van der Waals surface area contributed by atoms with E-state index in [4.69, 9.17) is 14.2 Å². The summed E-state index contributed by atoms with van der Waals surface area (Å²) in [6.45, 7) is 6.64. The van der Waals surface area contributed by atoms with Crippen molar-refractivity contribution in [3.8, 4) is 0 Å². The quantitative estimate of drug-likeness (QED) is 0.0261. The molecule has 0 saturated heterocycles. The Hall–Kier alpha value is -2.63. The Morgan fingerprint density at radius 2 is 0.500 bits per heavy atom. The minimum atomic E-state index is -0.781. The van der Waals surface area contributed by atoms with Gasteiger partial charge in [0.05, 0.1) is 0 Å². The maximum absolute atomic E-state index is 12.9. The van der Waals surface area contributed by atoms with Crippen LogP contribution in [0.5, 0.6) is 0 Å². The molecule has 0 aromatic rings. The molecule has 0 aliphatic carbocycles. The van der Waals surface area contributed by atoms with E-state index in [0.29, 0.717) is 19.3 Å². The van der Waals surface area contributed by atoms with Crippen molar-refractivity contribution in [3.05, 3.63) is 48.6 Å². The molecule has 0 rings (SSSR count). The monoisotopic (exact) mass is 981 g/mol. The van der Waals surface area contributed by atoms with Gasteiger partial charge in [0.25, 0.3) is 0 Å². The van der Waals surface area contributed by atoms with Gasteiger partial charge in [-0.3, -0.25) is 14.4 Å². The van der Waals surface area contributed by atoms with Crippen LogP contribution in [0.15, 0.2) is 48.6 Å². The summed E-state index contributed by atoms with van der Waals surface area (Å²) < 4.78 is 16.9. The van der Waals surface area contributed by atoms with Crippen molar-refractivity contribution in [1.29, 1.82) is 0 Å². The third-order valence-corrected chi connectivity index (χ3v) is 13.6. The van der Waals surface area contributed by atoms with Gasteiger partial charge in [-0.05, 0) is 70.6 Å². The van der Waals surface area contributed by atoms with Crippen molar-refractivity contribution in [1.82, 2.24) is 0 Å². The molecule has 6 nitrogen and oxygen atoms in total. The van der Waals surface area contributed by atoms with Gasteiger partial charge < -0.3 is 14.2 Å². The topological polar surface area (TPSA) is 78.9 Å². The zero-order valence-corrected chi connectivity index (χ0v) is 46.8. The van der Waals surface area contributed by atoms with Crippen LogP contribution in [-0.2, 0) is 28.6 Å². The summed E-state index contributed by atoms with van der Waals surface area (Å²) >= 11 is 0. The van der Waals surface area contributed by atoms with Gasteiger partial charge in [0.1, 0.15) is 13.2 Å². The number of carbonyl (C=O) groups is 3. The summed E-state index contributed by atoms with van der Waals surface area (Å²) in [5.41, 5.74) is 0. The van der Waals surface area contributed by atoms with E-state index in [2.05, 4.69) is 69.4 Å². The molecule has 0 aromatic carbocycles. The van der Waals surface area contributed by atoms with E-state index in [1.807, 2.05) is 0 Å². The minimum Gasteiger partial charge on any atom is -0.462 e. The molecular weight excluding hydrogens is 865 g/mol. The first-order valence-electron chi connectivity index (χ1n) is 30.7. The first kappa shape index (κ1) is 67.4. The van der Waals surface area contributed by atoms with Gasteiger partial charge in [-0.25, -0.2) is 0 Å². The second kappa shape index (κ2) is 58.9. The average Bonchev–Trinajstić information content (AvgIpc) is 3.36. The average molecular weight is 982 g/mol. The molecule has 0 fully saturated rings. The number of esters is 3. The Morgan fingerprint density at radius 3 is 0.786 bits per heavy atom. The van der Waals surface area contributed by atoms with Gasteiger partial charge in [-0.2, -0.15) is 0 Å². The normalized spacial score (nSPS) is 12.3. The van der Waals surface area contributed by atoms with Crippen molar-refractivity contribution >= 4 is 17.9 Å². The van der Waals surface area contributed by atoms with E-state index in [9.17, 15) is 14.4 Å². The lowest BCUT2D eigenvalue weighted by Gasteiger charge is -2.18. The van der Waals surface area contributed by atoms with Crippen LogP contribution >= 0.6 is 0 Å². The lowest BCUT2D eigenvalue weighted by molar-refractivity contribution is -0.167. The van der Waals surface area contributed by atoms with E-state index in [0.717, 1.165) is 77.0 Å². The Bertz CT molecular complexity index is 1220. The third kappa shape index (κ3) is 56.3. The molecule has 0 aliphatic rings. The molecule has 0 saturated carbocycles. The van der Waals surface area contributed by atoms with Crippen molar-refractivity contribution in [2.75, 3.05) is 13.2 Å². The molecular formula is C64H116O6. The molecule has 408 valence electrons. The molecule has 1 atom stereocenters. The van der Waals surface area contributed by atoms with Crippen LogP contribution < -0.4 is 0 Å². The fourth-order valence-electron chi connectivity index (χ4n) is 8.96. The summed E-state index contributed by atoms with van der Waals surface area (Å²) in [4.78, 5) is 38.2. The third-order valence-electron chi connectivity index (χ3n) is 13.6. The van der Waals surface area contributed by atoms with Gasteiger partial charge in [0.2, 0.25) is 0 Å². The molecule has 0 bridgehead atoms. The summed E-state index contributed by atoms with van der Waals surface area (Å²) in [5, 5.41) is 0. The molecule has 70 heavy (non-hydrogen) atoms. The van der Waals surface area contributed by atoms with E-state index in [1.165, 1.54) is 205 Å². The molecule has 0 amide bonds. The number of carbonyl (C=O) groups excluding carboxylic acids is 3. The van der Waals surface area contributed by atoms with Crippen LogP contribution in [0.1, 0.15) is 323 Å². The summed E-state index contributed by atoms with van der Waals surface area (Å²) in [7, 11) is 0. The molecule has 0 heterocycles. The number of allylic oxidation sites excluding steroid dienone is 8. The molecule has 1 unspecified atom stereocenters. The zero-order valence-electron chi connectivity index (χ0n) is 46.8. The van der Waals surface area contributed by atoms with E-state index >= 15 is 0 Å². The van der Waals surface area contributed by atoms with Crippen LogP contribution in [0.2, 0.25) is 0 Å². The SMILES string of the molecule is CCCCC/C=C\C=C/CCCCCCCCCCCCC(=O)OCC(COC(=O)CCCCCCCCCCCCCCCCC)OC(=O)CCCCCCC/C=C\C=C/CCCCCCCCC. The second-order valence-corrected chi connectivity index (χ2v) is 20.7. The highest BCUT2D eigenvalue weighted by Gasteiger charge is 2.19. The predicted octanol–water partition coefficient (Wildman–Crippen LogP) is 20.6. The number of rotatable bonds is 56. The van der Waals surface area contributed by atoms with Gasteiger partial charge >= 0.3 is 17.9 Å². The first-order valence-corrected chi connectivity index (χ1v) is 30.7. The maximum atomic E-state index is 12.9. The van der Waals surface area contributed by atoms with E-state index < -0.39 is 6.10 Å². The lowest BCUT2D eigenvalue weighted by atomic mass is 10.0. The first-order chi connectivity index (χ1) is 34.5. The van der Waals surface area contributed by atoms with Gasteiger partial charge in [-0.15, -0.1) is 0 Å². The highest BCUT2D eigenvalue weighted by molar-refractivity contribution is 5.71. The second-order valence-electron chi connectivity index (χ2n) is 20.7. The molecule has 0 N–H and O–H groups in total. The lowest BCUT2D eigenvalue weighted by Crippen LogP contribution is -2.30. The Morgan fingerprint density at radius 1 is 0.286 bits per heavy atom. The van der Waals surface area contributed by atoms with Crippen molar-refractivity contribution < 1.29 is 28.6 Å². The minimum absolute atomic E-state index is 0.0771. The number of ether oxygens (including phenoxy) is 3. The fraction of sp³-hybridized carbons (Fsp3) is 0.828. The number of hydrogen-bond acceptors (Lipinski definition) is 6. The van der Waals surface area contributed by atoms with Gasteiger partial charge in [0.15, 0.2) is 6.10 Å². The summed E-state index contributed by atoms with van der Waals surface area (Å²) in [6, 6.07) is 0. The highest BCUT2D eigenvalue weighted by atomic mass is 16.6. The van der Waals surface area contributed by atoms with Crippen molar-refractivity contribution in [2.24, 2.45) is 0 Å². The van der Waals surface area contributed by atoms with Crippen LogP contribution in [0.4, 0.5) is 0 Å². The smallest absolute Gasteiger partial charge is 0.306 e. The molecule has 6 heteroatoms. The molecule has 0 aliphatic heterocycles. The van der Waals surface area contributed by atoms with Gasteiger partial charge in [-0.1, -0.05) is 281 Å². The fourth-order valence-corrected chi connectivity index (χ4v) is 8.96. The Kier molecular flexibility index (Phi) is 56.7. The Balaban J connectivity index is 4.37. The van der Waals surface area contributed by atoms with Crippen LogP contribution in [0.25, 0.3) is 0 Å². The standard InChI is InChI=1S/C64H116O6/c1-4-7-10-13-16-19-22-25-28-30-32-34-36-39-42-45-48-51-54-57-63(66)69-60-61(59-68-62(65)56-53-50-47-44-41-38-35-27-24-21-18-15-12-9-6-3)70-64(67)58-55-52-49-46-43-40-37-33-31-29-26-23-20-17-14-11-8-5-2/h16,19,22,25,29,31,33,37,61H,4-15,17-18,20-21,23-24,26-28,30,32,34-36,38-60H2,1-3H3/b19-16-,25-22-,31-29-,37-33-. The van der Waals surface area contributed by atoms with Crippen LogP contribution in [0.3, 0.4) is 0 Å². The van der Waals surface area contributed by atoms with Crippen LogP contribution in [0, 0.1) is 0 Å².